The number of piperidine rings is 1. The quantitative estimate of drug-likeness (QED) is 0.850. The highest BCUT2D eigenvalue weighted by atomic mass is 32.2. The summed E-state index contributed by atoms with van der Waals surface area (Å²) in [6.07, 6.45) is -6.07. The van der Waals surface area contributed by atoms with E-state index in [-0.39, 0.29) is 19.0 Å². The molecule has 0 bridgehead atoms. The first kappa shape index (κ1) is 15.7. The lowest BCUT2D eigenvalue weighted by atomic mass is 9.98. The molecule has 1 heterocycles. The summed E-state index contributed by atoms with van der Waals surface area (Å²) in [6, 6.07) is 0. The number of aliphatic hydroxyl groups excluding tert-OH is 1. The van der Waals surface area contributed by atoms with E-state index in [2.05, 4.69) is 0 Å². The van der Waals surface area contributed by atoms with Crippen LogP contribution in [0.2, 0.25) is 0 Å². The Labute approximate surface area is 105 Å². The van der Waals surface area contributed by atoms with Gasteiger partial charge in [0.15, 0.2) is 0 Å². The second-order valence-corrected chi connectivity index (χ2v) is 6.81. The van der Waals surface area contributed by atoms with E-state index in [1.54, 1.807) is 0 Å². The molecule has 1 fully saturated rings. The van der Waals surface area contributed by atoms with E-state index in [0.717, 1.165) is 4.31 Å². The van der Waals surface area contributed by atoms with Gasteiger partial charge in [0.25, 0.3) is 0 Å². The van der Waals surface area contributed by atoms with Crippen molar-refractivity contribution in [2.75, 3.05) is 18.8 Å². The smallest absolute Gasteiger partial charge is 0.389 e. The van der Waals surface area contributed by atoms with Gasteiger partial charge in [0.05, 0.1) is 11.9 Å². The molecule has 8 heteroatoms. The van der Waals surface area contributed by atoms with Crippen LogP contribution >= 0.6 is 0 Å². The molecular weight excluding hydrogens is 271 g/mol. The summed E-state index contributed by atoms with van der Waals surface area (Å²) in [4.78, 5) is 0. The van der Waals surface area contributed by atoms with Crippen LogP contribution < -0.4 is 0 Å². The van der Waals surface area contributed by atoms with Crippen LogP contribution in [0.1, 0.15) is 26.2 Å². The van der Waals surface area contributed by atoms with E-state index in [1.807, 2.05) is 6.92 Å². The first-order valence-corrected chi connectivity index (χ1v) is 7.45. The van der Waals surface area contributed by atoms with Gasteiger partial charge in [-0.15, -0.1) is 0 Å². The van der Waals surface area contributed by atoms with Gasteiger partial charge in [-0.2, -0.15) is 17.5 Å². The minimum Gasteiger partial charge on any atom is -0.391 e. The molecule has 2 atom stereocenters. The highest BCUT2D eigenvalue weighted by Gasteiger charge is 2.33. The monoisotopic (exact) mass is 289 g/mol. The molecule has 2 unspecified atom stereocenters. The molecule has 0 radical (unpaired) electrons. The van der Waals surface area contributed by atoms with Crippen molar-refractivity contribution in [3.05, 3.63) is 0 Å². The molecular formula is C10H18F3NO3S. The van der Waals surface area contributed by atoms with Crippen molar-refractivity contribution in [1.29, 1.82) is 0 Å². The van der Waals surface area contributed by atoms with Crippen molar-refractivity contribution in [2.45, 2.75) is 38.5 Å². The molecule has 1 rings (SSSR count). The third-order valence-electron chi connectivity index (χ3n) is 3.14. The molecule has 0 saturated carbocycles. The van der Waals surface area contributed by atoms with Crippen LogP contribution in [-0.4, -0.2) is 49.0 Å². The van der Waals surface area contributed by atoms with E-state index >= 15 is 0 Å². The summed E-state index contributed by atoms with van der Waals surface area (Å²) in [5.74, 6) is -0.500. The summed E-state index contributed by atoms with van der Waals surface area (Å²) in [7, 11) is -3.69. The van der Waals surface area contributed by atoms with Crippen molar-refractivity contribution in [2.24, 2.45) is 5.92 Å². The Balaban J connectivity index is 2.49. The maximum absolute atomic E-state index is 11.9. The van der Waals surface area contributed by atoms with E-state index in [9.17, 15) is 26.7 Å². The molecule has 0 aromatic rings. The predicted octanol–water partition coefficient (Wildman–Crippen LogP) is 1.36. The zero-order valence-electron chi connectivity index (χ0n) is 10.2. The van der Waals surface area contributed by atoms with Crippen LogP contribution in [0.4, 0.5) is 13.2 Å². The van der Waals surface area contributed by atoms with Gasteiger partial charge < -0.3 is 5.11 Å². The lowest BCUT2D eigenvalue weighted by Gasteiger charge is -2.33. The highest BCUT2D eigenvalue weighted by Crippen LogP contribution is 2.24. The van der Waals surface area contributed by atoms with E-state index in [1.165, 1.54) is 0 Å². The van der Waals surface area contributed by atoms with E-state index in [4.69, 9.17) is 0 Å². The van der Waals surface area contributed by atoms with Crippen molar-refractivity contribution < 1.29 is 26.7 Å². The lowest BCUT2D eigenvalue weighted by Crippen LogP contribution is -2.46. The van der Waals surface area contributed by atoms with Crippen LogP contribution in [0, 0.1) is 5.92 Å². The predicted molar refractivity (Wildman–Crippen MR) is 60.4 cm³/mol. The summed E-state index contributed by atoms with van der Waals surface area (Å²) in [5, 5.41) is 9.58. The average Bonchev–Trinajstić information content (AvgIpc) is 2.19. The maximum atomic E-state index is 11.9. The standard InChI is InChI=1S/C10H18F3NO3S/c1-8-3-5-14(7-9(8)15)18(16,17)6-2-4-10(11,12)13/h8-9,15H,2-7H2,1H3. The molecule has 108 valence electrons. The average molecular weight is 289 g/mol. The molecule has 0 aromatic heterocycles. The summed E-state index contributed by atoms with van der Waals surface area (Å²) in [5.41, 5.74) is 0. The van der Waals surface area contributed by atoms with E-state index < -0.39 is 40.9 Å². The summed E-state index contributed by atoms with van der Waals surface area (Å²) in [6.45, 7) is 2.07. The molecule has 0 aromatic carbocycles. The minimum atomic E-state index is -4.33. The topological polar surface area (TPSA) is 57.6 Å². The number of sulfonamides is 1. The minimum absolute atomic E-state index is 0.0183. The zero-order chi connectivity index (χ0) is 14.0. The molecule has 0 amide bonds. The molecule has 1 saturated heterocycles. The van der Waals surface area contributed by atoms with Crippen molar-refractivity contribution >= 4 is 10.0 Å². The summed E-state index contributed by atoms with van der Waals surface area (Å²) < 4.78 is 60.4. The Kier molecular flexibility index (Phi) is 5.02. The van der Waals surface area contributed by atoms with E-state index in [0.29, 0.717) is 6.42 Å². The Morgan fingerprint density at radius 2 is 2.00 bits per heavy atom. The van der Waals surface area contributed by atoms with Gasteiger partial charge >= 0.3 is 6.18 Å². The Morgan fingerprint density at radius 1 is 1.39 bits per heavy atom. The van der Waals surface area contributed by atoms with Gasteiger partial charge in [0.2, 0.25) is 10.0 Å². The largest absolute Gasteiger partial charge is 0.391 e. The lowest BCUT2D eigenvalue weighted by molar-refractivity contribution is -0.134. The highest BCUT2D eigenvalue weighted by molar-refractivity contribution is 7.89. The first-order chi connectivity index (χ1) is 8.12. The van der Waals surface area contributed by atoms with Gasteiger partial charge in [0.1, 0.15) is 0 Å². The van der Waals surface area contributed by atoms with Crippen LogP contribution in [0.5, 0.6) is 0 Å². The Hall–Kier alpha value is -0.340. The van der Waals surface area contributed by atoms with Gasteiger partial charge in [-0.25, -0.2) is 8.42 Å². The molecule has 1 aliphatic heterocycles. The molecule has 0 aliphatic carbocycles. The second-order valence-electron chi connectivity index (χ2n) is 4.73. The molecule has 0 spiro atoms. The van der Waals surface area contributed by atoms with Gasteiger partial charge in [-0.1, -0.05) is 6.92 Å². The number of β-amino-alcohol motifs (C(OH)–C–C–N with tert-alkyl or cyclic N) is 1. The number of rotatable bonds is 4. The van der Waals surface area contributed by atoms with Crippen molar-refractivity contribution in [3.63, 3.8) is 0 Å². The van der Waals surface area contributed by atoms with Crippen LogP contribution in [0.25, 0.3) is 0 Å². The fourth-order valence-electron chi connectivity index (χ4n) is 1.86. The van der Waals surface area contributed by atoms with Gasteiger partial charge in [-0.05, 0) is 18.8 Å². The summed E-state index contributed by atoms with van der Waals surface area (Å²) >= 11 is 0. The fourth-order valence-corrected chi connectivity index (χ4v) is 3.39. The number of aliphatic hydroxyl groups is 1. The second kappa shape index (κ2) is 5.75. The van der Waals surface area contributed by atoms with Crippen LogP contribution in [0.3, 0.4) is 0 Å². The number of halogens is 3. The molecule has 1 N–H and O–H groups in total. The Bertz CT molecular complexity index is 369. The fraction of sp³-hybridized carbons (Fsp3) is 1.00. The van der Waals surface area contributed by atoms with Crippen LogP contribution in [-0.2, 0) is 10.0 Å². The number of hydrogen-bond acceptors (Lipinski definition) is 3. The third kappa shape index (κ3) is 4.74. The molecule has 18 heavy (non-hydrogen) atoms. The molecule has 1 aliphatic rings. The Morgan fingerprint density at radius 3 is 2.50 bits per heavy atom. The van der Waals surface area contributed by atoms with Gasteiger partial charge in [-0.3, -0.25) is 0 Å². The van der Waals surface area contributed by atoms with Crippen LogP contribution in [0.15, 0.2) is 0 Å². The number of nitrogens with zero attached hydrogens (tertiary/aromatic N) is 1. The maximum Gasteiger partial charge on any atom is 0.389 e. The van der Waals surface area contributed by atoms with Crippen molar-refractivity contribution in [3.8, 4) is 0 Å². The van der Waals surface area contributed by atoms with Gasteiger partial charge in [0, 0.05) is 19.5 Å². The number of alkyl halides is 3. The normalized spacial score (nSPS) is 27.4. The third-order valence-corrected chi connectivity index (χ3v) is 5.06. The molecule has 4 nitrogen and oxygen atoms in total. The SMILES string of the molecule is CC1CCN(S(=O)(=O)CCCC(F)(F)F)CC1O. The zero-order valence-corrected chi connectivity index (χ0v) is 11.0. The first-order valence-electron chi connectivity index (χ1n) is 5.84. The van der Waals surface area contributed by atoms with Crippen molar-refractivity contribution in [1.82, 2.24) is 4.31 Å². The number of hydrogen-bond donors (Lipinski definition) is 1.